The second-order valence-electron chi connectivity index (χ2n) is 4.57. The molecule has 0 radical (unpaired) electrons. The van der Waals surface area contributed by atoms with Gasteiger partial charge in [-0.1, -0.05) is 31.0 Å². The molecule has 0 aromatic heterocycles. The van der Waals surface area contributed by atoms with Gasteiger partial charge in [-0.2, -0.15) is 0 Å². The van der Waals surface area contributed by atoms with Crippen LogP contribution in [0.25, 0.3) is 0 Å². The Balaban J connectivity index is 1.73. The van der Waals surface area contributed by atoms with Gasteiger partial charge in [-0.05, 0) is 30.9 Å². The molecular weight excluding hydrogens is 216 g/mol. The first-order chi connectivity index (χ1) is 7.75. The molecule has 1 aromatic carbocycles. The van der Waals surface area contributed by atoms with Gasteiger partial charge in [0.2, 0.25) is 0 Å². The second kappa shape index (κ2) is 5.53. The fourth-order valence-corrected chi connectivity index (χ4v) is 2.65. The van der Waals surface area contributed by atoms with Crippen molar-refractivity contribution >= 4 is 17.5 Å². The van der Waals surface area contributed by atoms with Crippen LogP contribution in [-0.4, -0.2) is 11.5 Å². The van der Waals surface area contributed by atoms with E-state index < -0.39 is 0 Å². The molecule has 0 bridgehead atoms. The third-order valence-corrected chi connectivity index (χ3v) is 4.25. The van der Waals surface area contributed by atoms with E-state index in [1.165, 1.54) is 23.3 Å². The molecule has 1 aromatic rings. The molecule has 0 atom stereocenters. The summed E-state index contributed by atoms with van der Waals surface area (Å²) in [6.07, 6.45) is 4.59. The highest BCUT2D eigenvalue weighted by Crippen LogP contribution is 2.33. The molecule has 1 saturated carbocycles. The van der Waals surface area contributed by atoms with E-state index in [1.807, 2.05) is 12.1 Å². The van der Waals surface area contributed by atoms with E-state index in [-0.39, 0.29) is 0 Å². The Hall–Kier alpha value is -0.760. The Morgan fingerprint density at radius 2 is 2.12 bits per heavy atom. The monoisotopic (exact) mass is 234 g/mol. The lowest BCUT2D eigenvalue weighted by molar-refractivity contribution is -0.116. The maximum absolute atomic E-state index is 11.6. The van der Waals surface area contributed by atoms with Crippen molar-refractivity contribution in [2.75, 3.05) is 5.75 Å². The van der Waals surface area contributed by atoms with Crippen molar-refractivity contribution in [3.05, 3.63) is 29.8 Å². The average Bonchev–Trinajstić information content (AvgIpc) is 3.09. The van der Waals surface area contributed by atoms with Crippen molar-refractivity contribution in [3.8, 4) is 0 Å². The number of carbonyl (C=O) groups is 1. The van der Waals surface area contributed by atoms with E-state index in [0.29, 0.717) is 11.5 Å². The number of Topliss-reactive ketones (excluding diaryl/α,β-unsaturated/α-hetero) is 1. The minimum Gasteiger partial charge on any atom is -0.299 e. The molecule has 1 aliphatic rings. The van der Waals surface area contributed by atoms with Crippen LogP contribution in [0.3, 0.4) is 0 Å². The summed E-state index contributed by atoms with van der Waals surface area (Å²) in [5.74, 6) is 1.91. The number of hydrogen-bond acceptors (Lipinski definition) is 2. The van der Waals surface area contributed by atoms with Gasteiger partial charge in [-0.25, -0.2) is 0 Å². The summed E-state index contributed by atoms with van der Waals surface area (Å²) in [5.41, 5.74) is 1.27. The molecule has 16 heavy (non-hydrogen) atoms. The molecule has 2 rings (SSSR count). The van der Waals surface area contributed by atoms with E-state index in [1.54, 1.807) is 11.8 Å². The summed E-state index contributed by atoms with van der Waals surface area (Å²) in [6, 6.07) is 8.25. The highest BCUT2D eigenvalue weighted by atomic mass is 32.2. The van der Waals surface area contributed by atoms with Crippen molar-refractivity contribution in [2.24, 2.45) is 5.92 Å². The largest absolute Gasteiger partial charge is 0.299 e. The fourth-order valence-electron chi connectivity index (χ4n) is 1.72. The Bertz CT molecular complexity index is 369. The van der Waals surface area contributed by atoms with Crippen LogP contribution in [0.1, 0.15) is 31.2 Å². The minimum atomic E-state index is 0.403. The van der Waals surface area contributed by atoms with Crippen molar-refractivity contribution in [3.63, 3.8) is 0 Å². The summed E-state index contributed by atoms with van der Waals surface area (Å²) < 4.78 is 0. The number of aryl methyl sites for hydroxylation is 1. The van der Waals surface area contributed by atoms with Gasteiger partial charge in [0.15, 0.2) is 0 Å². The standard InChI is InChI=1S/C14H18OS/c1-11-4-2-3-5-14(11)16-10-13(15)9-8-12-6-7-12/h2-5,12H,6-10H2,1H3. The van der Waals surface area contributed by atoms with Gasteiger partial charge in [-0.3, -0.25) is 4.79 Å². The molecule has 0 unspecified atom stereocenters. The first-order valence-electron chi connectivity index (χ1n) is 5.96. The molecule has 1 aliphatic carbocycles. The van der Waals surface area contributed by atoms with Crippen LogP contribution in [0.15, 0.2) is 29.2 Å². The topological polar surface area (TPSA) is 17.1 Å². The zero-order chi connectivity index (χ0) is 11.4. The van der Waals surface area contributed by atoms with Gasteiger partial charge in [0.05, 0.1) is 5.75 Å². The van der Waals surface area contributed by atoms with Crippen molar-refractivity contribution in [1.82, 2.24) is 0 Å². The molecular formula is C14H18OS. The van der Waals surface area contributed by atoms with Crippen LogP contribution in [0.5, 0.6) is 0 Å². The minimum absolute atomic E-state index is 0.403. The van der Waals surface area contributed by atoms with Crippen molar-refractivity contribution < 1.29 is 4.79 Å². The van der Waals surface area contributed by atoms with Gasteiger partial charge in [0.25, 0.3) is 0 Å². The van der Waals surface area contributed by atoms with Crippen LogP contribution >= 0.6 is 11.8 Å². The van der Waals surface area contributed by atoms with Crippen LogP contribution in [0.2, 0.25) is 0 Å². The average molecular weight is 234 g/mol. The lowest BCUT2D eigenvalue weighted by Crippen LogP contribution is -2.01. The summed E-state index contributed by atoms with van der Waals surface area (Å²) in [7, 11) is 0. The number of rotatable bonds is 6. The number of carbonyl (C=O) groups excluding carboxylic acids is 1. The van der Waals surface area contributed by atoms with E-state index in [2.05, 4.69) is 19.1 Å². The number of benzene rings is 1. The molecule has 2 heteroatoms. The third-order valence-electron chi connectivity index (χ3n) is 3.01. The second-order valence-corrected chi connectivity index (χ2v) is 5.59. The summed E-state index contributed by atoms with van der Waals surface area (Å²) in [5, 5.41) is 0. The van der Waals surface area contributed by atoms with Crippen LogP contribution in [0.4, 0.5) is 0 Å². The Labute approximate surface area is 102 Å². The van der Waals surface area contributed by atoms with Crippen LogP contribution in [0, 0.1) is 12.8 Å². The van der Waals surface area contributed by atoms with Gasteiger partial charge >= 0.3 is 0 Å². The predicted molar refractivity (Wildman–Crippen MR) is 68.9 cm³/mol. The lowest BCUT2D eigenvalue weighted by atomic mass is 10.2. The van der Waals surface area contributed by atoms with Gasteiger partial charge in [-0.15, -0.1) is 11.8 Å². The van der Waals surface area contributed by atoms with Crippen LogP contribution in [-0.2, 0) is 4.79 Å². The third kappa shape index (κ3) is 3.67. The van der Waals surface area contributed by atoms with Crippen molar-refractivity contribution in [1.29, 1.82) is 0 Å². The molecule has 1 fully saturated rings. The molecule has 0 heterocycles. The SMILES string of the molecule is Cc1ccccc1SCC(=O)CCC1CC1. The van der Waals surface area contributed by atoms with E-state index in [4.69, 9.17) is 0 Å². The first kappa shape index (κ1) is 11.7. The number of ketones is 1. The van der Waals surface area contributed by atoms with E-state index >= 15 is 0 Å². The summed E-state index contributed by atoms with van der Waals surface area (Å²) in [6.45, 7) is 2.09. The highest BCUT2D eigenvalue weighted by Gasteiger charge is 2.21. The smallest absolute Gasteiger partial charge is 0.143 e. The normalized spacial score (nSPS) is 15.1. The molecule has 86 valence electrons. The summed E-state index contributed by atoms with van der Waals surface area (Å²) in [4.78, 5) is 12.9. The Morgan fingerprint density at radius 3 is 2.81 bits per heavy atom. The van der Waals surface area contributed by atoms with Gasteiger partial charge in [0.1, 0.15) is 5.78 Å². The van der Waals surface area contributed by atoms with Gasteiger partial charge in [0, 0.05) is 11.3 Å². The molecule has 0 spiro atoms. The Morgan fingerprint density at radius 1 is 1.38 bits per heavy atom. The number of hydrogen-bond donors (Lipinski definition) is 0. The maximum atomic E-state index is 11.6. The number of thioether (sulfide) groups is 1. The molecule has 0 aliphatic heterocycles. The summed E-state index contributed by atoms with van der Waals surface area (Å²) >= 11 is 1.68. The molecule has 1 nitrogen and oxygen atoms in total. The quantitative estimate of drug-likeness (QED) is 0.695. The van der Waals surface area contributed by atoms with E-state index in [0.717, 1.165) is 18.8 Å². The predicted octanol–water partition coefficient (Wildman–Crippen LogP) is 3.85. The molecule has 0 amide bonds. The van der Waals surface area contributed by atoms with Crippen molar-refractivity contribution in [2.45, 2.75) is 37.5 Å². The van der Waals surface area contributed by atoms with E-state index in [9.17, 15) is 4.79 Å². The first-order valence-corrected chi connectivity index (χ1v) is 6.94. The highest BCUT2D eigenvalue weighted by molar-refractivity contribution is 8.00. The molecule has 0 N–H and O–H groups in total. The maximum Gasteiger partial charge on any atom is 0.143 e. The van der Waals surface area contributed by atoms with Crippen LogP contribution < -0.4 is 0 Å². The fraction of sp³-hybridized carbons (Fsp3) is 0.500. The zero-order valence-corrected chi connectivity index (χ0v) is 10.6. The Kier molecular flexibility index (Phi) is 4.05. The molecule has 0 saturated heterocycles. The van der Waals surface area contributed by atoms with Gasteiger partial charge < -0.3 is 0 Å². The zero-order valence-electron chi connectivity index (χ0n) is 9.74. The lowest BCUT2D eigenvalue weighted by Gasteiger charge is -2.04.